The number of aliphatic hydroxyl groups excluding tert-OH is 2. The van der Waals surface area contributed by atoms with E-state index >= 15 is 0 Å². The second-order valence-electron chi connectivity index (χ2n) is 4.79. The molecule has 2 unspecified atom stereocenters. The number of nitrogens with zero attached hydrogens (tertiary/aromatic N) is 1. The molecule has 2 rings (SSSR count). The fourth-order valence-electron chi connectivity index (χ4n) is 1.99. The summed E-state index contributed by atoms with van der Waals surface area (Å²) in [5, 5.41) is 33.6. The quantitative estimate of drug-likeness (QED) is 0.748. The van der Waals surface area contributed by atoms with Gasteiger partial charge in [-0.1, -0.05) is 23.0 Å². The van der Waals surface area contributed by atoms with E-state index in [4.69, 9.17) is 4.52 Å². The van der Waals surface area contributed by atoms with Gasteiger partial charge in [0.1, 0.15) is 11.9 Å². The van der Waals surface area contributed by atoms with Crippen LogP contribution in [0.4, 0.5) is 0 Å². The molecule has 118 valence electrons. The van der Waals surface area contributed by atoms with Crippen LogP contribution < -0.4 is 0 Å². The van der Waals surface area contributed by atoms with Crippen LogP contribution in [-0.2, 0) is 4.79 Å². The van der Waals surface area contributed by atoms with E-state index in [1.165, 1.54) is 25.3 Å². The van der Waals surface area contributed by atoms with Gasteiger partial charge >= 0.3 is 0 Å². The standard InChI is InChI=1S/C15H17NO5S/c1-9(17)22-7-5-13(19)15(20)10-2-3-12(18)11(8-10)14-4-6-16-21-14/h2-4,6,8,13,15,18-20H,5,7H2,1H3. The number of hydrogen-bond donors (Lipinski definition) is 3. The van der Waals surface area contributed by atoms with Gasteiger partial charge in [0.25, 0.3) is 0 Å². The fraction of sp³-hybridized carbons (Fsp3) is 0.333. The highest BCUT2D eigenvalue weighted by Crippen LogP contribution is 2.32. The molecule has 2 aromatic rings. The topological polar surface area (TPSA) is 104 Å². The lowest BCUT2D eigenvalue weighted by Gasteiger charge is -2.18. The second kappa shape index (κ2) is 7.44. The summed E-state index contributed by atoms with van der Waals surface area (Å²) in [6.45, 7) is 1.46. The molecule has 0 spiro atoms. The van der Waals surface area contributed by atoms with Crippen LogP contribution in [0.2, 0.25) is 0 Å². The summed E-state index contributed by atoms with van der Waals surface area (Å²) in [6, 6.07) is 6.08. The van der Waals surface area contributed by atoms with Gasteiger partial charge < -0.3 is 19.8 Å². The summed E-state index contributed by atoms with van der Waals surface area (Å²) < 4.78 is 4.99. The molecule has 0 fully saturated rings. The highest BCUT2D eigenvalue weighted by atomic mass is 32.2. The summed E-state index contributed by atoms with van der Waals surface area (Å²) >= 11 is 1.10. The first-order valence-electron chi connectivity index (χ1n) is 6.72. The molecule has 0 bridgehead atoms. The highest BCUT2D eigenvalue weighted by Gasteiger charge is 2.20. The van der Waals surface area contributed by atoms with E-state index in [1.807, 2.05) is 0 Å². The molecule has 0 aliphatic heterocycles. The predicted octanol–water partition coefficient (Wildman–Crippen LogP) is 2.11. The average molecular weight is 323 g/mol. The summed E-state index contributed by atoms with van der Waals surface area (Å²) in [6.07, 6.45) is -0.385. The van der Waals surface area contributed by atoms with E-state index in [-0.39, 0.29) is 17.3 Å². The zero-order chi connectivity index (χ0) is 16.1. The predicted molar refractivity (Wildman–Crippen MR) is 82.3 cm³/mol. The Bertz CT molecular complexity index is 629. The molecule has 0 saturated heterocycles. The Morgan fingerprint density at radius 1 is 1.36 bits per heavy atom. The van der Waals surface area contributed by atoms with Crippen LogP contribution in [0.25, 0.3) is 11.3 Å². The van der Waals surface area contributed by atoms with Crippen molar-refractivity contribution in [2.24, 2.45) is 0 Å². The Labute approximate surface area is 131 Å². The Balaban J connectivity index is 2.11. The molecule has 0 saturated carbocycles. The second-order valence-corrected chi connectivity index (χ2v) is 6.07. The zero-order valence-electron chi connectivity index (χ0n) is 12.0. The number of phenols is 1. The molecule has 2 atom stereocenters. The van der Waals surface area contributed by atoms with E-state index in [1.54, 1.807) is 12.1 Å². The summed E-state index contributed by atoms with van der Waals surface area (Å²) in [5.74, 6) is 0.795. The van der Waals surface area contributed by atoms with E-state index < -0.39 is 12.2 Å². The lowest BCUT2D eigenvalue weighted by atomic mass is 9.99. The van der Waals surface area contributed by atoms with Crippen LogP contribution >= 0.6 is 11.8 Å². The lowest BCUT2D eigenvalue weighted by Crippen LogP contribution is -2.19. The smallest absolute Gasteiger partial charge is 0.185 e. The van der Waals surface area contributed by atoms with Crippen molar-refractivity contribution in [3.8, 4) is 17.1 Å². The maximum Gasteiger partial charge on any atom is 0.185 e. The van der Waals surface area contributed by atoms with Crippen molar-refractivity contribution in [2.75, 3.05) is 5.75 Å². The molecule has 1 heterocycles. The average Bonchev–Trinajstić information content (AvgIpc) is 3.00. The molecular weight excluding hydrogens is 306 g/mol. The largest absolute Gasteiger partial charge is 0.507 e. The first kappa shape index (κ1) is 16.5. The maximum absolute atomic E-state index is 10.9. The molecule has 0 aliphatic carbocycles. The third kappa shape index (κ3) is 4.09. The molecule has 1 aromatic heterocycles. The van der Waals surface area contributed by atoms with Crippen molar-refractivity contribution >= 4 is 16.9 Å². The van der Waals surface area contributed by atoms with Gasteiger partial charge in [-0.3, -0.25) is 4.79 Å². The van der Waals surface area contributed by atoms with Crippen molar-refractivity contribution in [3.05, 3.63) is 36.0 Å². The number of hydrogen-bond acceptors (Lipinski definition) is 7. The van der Waals surface area contributed by atoms with E-state index in [0.29, 0.717) is 22.6 Å². The van der Waals surface area contributed by atoms with Gasteiger partial charge in [0.15, 0.2) is 10.9 Å². The SMILES string of the molecule is CC(=O)SCCC(O)C(O)c1ccc(O)c(-c2ccno2)c1. The van der Waals surface area contributed by atoms with Crippen molar-refractivity contribution in [1.29, 1.82) is 0 Å². The fourth-order valence-corrected chi connectivity index (χ4v) is 2.64. The summed E-state index contributed by atoms with van der Waals surface area (Å²) in [4.78, 5) is 10.9. The van der Waals surface area contributed by atoms with Crippen molar-refractivity contribution in [2.45, 2.75) is 25.6 Å². The van der Waals surface area contributed by atoms with Crippen LogP contribution in [0.1, 0.15) is 25.0 Å². The van der Waals surface area contributed by atoms with Gasteiger partial charge in [0, 0.05) is 18.7 Å². The molecular formula is C15H17NO5S. The van der Waals surface area contributed by atoms with Crippen molar-refractivity contribution in [3.63, 3.8) is 0 Å². The Morgan fingerprint density at radius 2 is 2.14 bits per heavy atom. The minimum absolute atomic E-state index is 0.00525. The molecule has 0 amide bonds. The highest BCUT2D eigenvalue weighted by molar-refractivity contribution is 8.13. The number of benzene rings is 1. The van der Waals surface area contributed by atoms with Crippen LogP contribution in [0.15, 0.2) is 35.0 Å². The normalized spacial score (nSPS) is 13.8. The van der Waals surface area contributed by atoms with Gasteiger partial charge in [0.05, 0.1) is 17.9 Å². The Hall–Kier alpha value is -1.83. The van der Waals surface area contributed by atoms with Gasteiger partial charge in [-0.15, -0.1) is 0 Å². The van der Waals surface area contributed by atoms with E-state index in [2.05, 4.69) is 5.16 Å². The van der Waals surface area contributed by atoms with Crippen molar-refractivity contribution < 1.29 is 24.6 Å². The van der Waals surface area contributed by atoms with E-state index in [0.717, 1.165) is 11.8 Å². The van der Waals surface area contributed by atoms with Crippen LogP contribution in [0, 0.1) is 0 Å². The van der Waals surface area contributed by atoms with Gasteiger partial charge in [0.2, 0.25) is 0 Å². The van der Waals surface area contributed by atoms with Gasteiger partial charge in [-0.2, -0.15) is 0 Å². The van der Waals surface area contributed by atoms with Gasteiger partial charge in [-0.05, 0) is 24.1 Å². The minimum Gasteiger partial charge on any atom is -0.507 e. The molecule has 7 heteroatoms. The first-order valence-corrected chi connectivity index (χ1v) is 7.71. The minimum atomic E-state index is -1.12. The summed E-state index contributed by atoms with van der Waals surface area (Å²) in [5.41, 5.74) is 0.837. The first-order chi connectivity index (χ1) is 10.5. The maximum atomic E-state index is 10.9. The molecule has 6 nitrogen and oxygen atoms in total. The third-order valence-corrected chi connectivity index (χ3v) is 4.00. The number of phenolic OH excluding ortho intramolecular Hbond substituents is 1. The third-order valence-electron chi connectivity index (χ3n) is 3.15. The number of carbonyl (C=O) groups is 1. The van der Waals surface area contributed by atoms with E-state index in [9.17, 15) is 20.1 Å². The van der Waals surface area contributed by atoms with Crippen LogP contribution in [0.3, 0.4) is 0 Å². The Kier molecular flexibility index (Phi) is 5.59. The number of rotatable bonds is 6. The molecule has 22 heavy (non-hydrogen) atoms. The van der Waals surface area contributed by atoms with Gasteiger partial charge in [-0.25, -0.2) is 0 Å². The number of aromatic hydroxyl groups is 1. The number of carbonyl (C=O) groups excluding carboxylic acids is 1. The number of thioether (sulfide) groups is 1. The Morgan fingerprint density at radius 3 is 2.77 bits per heavy atom. The molecule has 1 aromatic carbocycles. The molecule has 0 aliphatic rings. The summed E-state index contributed by atoms with van der Waals surface area (Å²) in [7, 11) is 0. The zero-order valence-corrected chi connectivity index (χ0v) is 12.8. The van der Waals surface area contributed by atoms with Crippen molar-refractivity contribution in [1.82, 2.24) is 5.16 Å². The molecule has 0 radical (unpaired) electrons. The number of aromatic nitrogens is 1. The number of aliphatic hydroxyl groups is 2. The van der Waals surface area contributed by atoms with Crippen LogP contribution in [0.5, 0.6) is 5.75 Å². The monoisotopic (exact) mass is 323 g/mol. The van der Waals surface area contributed by atoms with Crippen LogP contribution in [-0.4, -0.2) is 37.4 Å². The lowest BCUT2D eigenvalue weighted by molar-refractivity contribution is -0.109. The molecule has 3 N–H and O–H groups in total.